The number of sulfone groups is 1. The van der Waals surface area contributed by atoms with Crippen molar-refractivity contribution in [1.82, 2.24) is 10.6 Å². The summed E-state index contributed by atoms with van der Waals surface area (Å²) in [7, 11) is -3.02. The molecule has 2 heterocycles. The highest BCUT2D eigenvalue weighted by molar-refractivity contribution is 7.91. The highest BCUT2D eigenvalue weighted by Gasteiger charge is 2.43. The van der Waals surface area contributed by atoms with Gasteiger partial charge in [-0.05, 0) is 38.6 Å². The van der Waals surface area contributed by atoms with Crippen molar-refractivity contribution in [3.63, 3.8) is 0 Å². The zero-order valence-electron chi connectivity index (χ0n) is 13.9. The Bertz CT molecular complexity index is 694. The maximum Gasteiger partial charge on any atom is 0.264 e. The van der Waals surface area contributed by atoms with Crippen LogP contribution in [0.2, 0.25) is 0 Å². The minimum absolute atomic E-state index is 0.0254. The molecular weight excluding hydrogens is 328 g/mol. The van der Waals surface area contributed by atoms with Crippen LogP contribution in [0.3, 0.4) is 0 Å². The van der Waals surface area contributed by atoms with Gasteiger partial charge < -0.3 is 15.4 Å². The SMILES string of the molecule is Cc1ccc(OC2(C(=O)N[C@H]3CCS(=O)(=O)C3)CCNCC2)cc1. The van der Waals surface area contributed by atoms with Gasteiger partial charge in [0.2, 0.25) is 0 Å². The van der Waals surface area contributed by atoms with Crippen molar-refractivity contribution in [2.24, 2.45) is 0 Å². The molecule has 132 valence electrons. The Kier molecular flexibility index (Phi) is 4.83. The first-order valence-corrected chi connectivity index (χ1v) is 10.2. The molecule has 1 aromatic carbocycles. The maximum absolute atomic E-state index is 12.9. The van der Waals surface area contributed by atoms with E-state index in [1.54, 1.807) is 0 Å². The number of hydrogen-bond acceptors (Lipinski definition) is 5. The largest absolute Gasteiger partial charge is 0.477 e. The second kappa shape index (κ2) is 6.72. The summed E-state index contributed by atoms with van der Waals surface area (Å²) in [6, 6.07) is 7.33. The zero-order chi connectivity index (χ0) is 17.2. The number of piperidine rings is 1. The Hall–Kier alpha value is -1.60. The topological polar surface area (TPSA) is 84.5 Å². The van der Waals surface area contributed by atoms with Crippen LogP contribution in [0.1, 0.15) is 24.8 Å². The Morgan fingerprint density at radius 3 is 2.50 bits per heavy atom. The van der Waals surface area contributed by atoms with Crippen LogP contribution in [0, 0.1) is 6.92 Å². The van der Waals surface area contributed by atoms with E-state index in [4.69, 9.17) is 4.74 Å². The molecule has 0 radical (unpaired) electrons. The van der Waals surface area contributed by atoms with Crippen molar-refractivity contribution >= 4 is 15.7 Å². The molecule has 2 aliphatic rings. The van der Waals surface area contributed by atoms with Crippen LogP contribution in [0.25, 0.3) is 0 Å². The molecule has 1 aromatic rings. The van der Waals surface area contributed by atoms with Crippen LogP contribution < -0.4 is 15.4 Å². The number of nitrogens with one attached hydrogen (secondary N) is 2. The lowest BCUT2D eigenvalue weighted by molar-refractivity contribution is -0.139. The Balaban J connectivity index is 1.75. The number of benzene rings is 1. The van der Waals surface area contributed by atoms with E-state index in [9.17, 15) is 13.2 Å². The van der Waals surface area contributed by atoms with Gasteiger partial charge in [0.25, 0.3) is 5.91 Å². The fraction of sp³-hybridized carbons (Fsp3) is 0.588. The third-order valence-electron chi connectivity index (χ3n) is 4.73. The molecule has 0 aromatic heterocycles. The molecule has 0 spiro atoms. The van der Waals surface area contributed by atoms with Crippen molar-refractivity contribution < 1.29 is 17.9 Å². The van der Waals surface area contributed by atoms with Crippen molar-refractivity contribution in [2.75, 3.05) is 24.6 Å². The monoisotopic (exact) mass is 352 g/mol. The zero-order valence-corrected chi connectivity index (χ0v) is 14.7. The fourth-order valence-electron chi connectivity index (χ4n) is 3.26. The summed E-state index contributed by atoms with van der Waals surface area (Å²) < 4.78 is 29.3. The summed E-state index contributed by atoms with van der Waals surface area (Å²) in [5, 5.41) is 6.15. The molecule has 7 heteroatoms. The maximum atomic E-state index is 12.9. The molecule has 3 rings (SSSR count). The second-order valence-electron chi connectivity index (χ2n) is 6.73. The van der Waals surface area contributed by atoms with Gasteiger partial charge in [0, 0.05) is 18.9 Å². The molecule has 1 amide bonds. The standard InChI is InChI=1S/C17H24N2O4S/c1-13-2-4-15(5-3-13)23-17(7-9-18-10-8-17)16(20)19-14-6-11-24(21,22)12-14/h2-5,14,18H,6-12H2,1H3,(H,19,20)/t14-/m0/s1. The van der Waals surface area contributed by atoms with Crippen LogP contribution in [0.4, 0.5) is 0 Å². The molecule has 2 fully saturated rings. The summed E-state index contributed by atoms with van der Waals surface area (Å²) in [5.74, 6) is 0.631. The summed E-state index contributed by atoms with van der Waals surface area (Å²) in [6.45, 7) is 3.39. The molecule has 1 atom stereocenters. The van der Waals surface area contributed by atoms with Crippen LogP contribution >= 0.6 is 0 Å². The summed E-state index contributed by atoms with van der Waals surface area (Å²) in [5.41, 5.74) is 0.190. The lowest BCUT2D eigenvalue weighted by Gasteiger charge is -2.37. The van der Waals surface area contributed by atoms with E-state index in [2.05, 4.69) is 10.6 Å². The highest BCUT2D eigenvalue weighted by Crippen LogP contribution is 2.28. The predicted octanol–water partition coefficient (Wildman–Crippen LogP) is 0.799. The van der Waals surface area contributed by atoms with Crippen LogP contribution in [-0.2, 0) is 14.6 Å². The quantitative estimate of drug-likeness (QED) is 0.837. The summed E-state index contributed by atoms with van der Waals surface area (Å²) >= 11 is 0. The van der Waals surface area contributed by atoms with Gasteiger partial charge in [-0.15, -0.1) is 0 Å². The summed E-state index contributed by atoms with van der Waals surface area (Å²) in [4.78, 5) is 12.9. The highest BCUT2D eigenvalue weighted by atomic mass is 32.2. The lowest BCUT2D eigenvalue weighted by atomic mass is 9.90. The first kappa shape index (κ1) is 17.2. The van der Waals surface area contributed by atoms with Gasteiger partial charge in [0.05, 0.1) is 11.5 Å². The van der Waals surface area contributed by atoms with Crippen molar-refractivity contribution in [2.45, 2.75) is 37.8 Å². The normalized spacial score (nSPS) is 25.1. The Morgan fingerprint density at radius 1 is 1.25 bits per heavy atom. The Labute approximate surface area is 142 Å². The van der Waals surface area contributed by atoms with E-state index in [-0.39, 0.29) is 23.5 Å². The average Bonchev–Trinajstić information content (AvgIpc) is 2.89. The molecule has 24 heavy (non-hydrogen) atoms. The molecule has 6 nitrogen and oxygen atoms in total. The number of aryl methyl sites for hydroxylation is 1. The smallest absolute Gasteiger partial charge is 0.264 e. The van der Waals surface area contributed by atoms with Crippen molar-refractivity contribution in [1.29, 1.82) is 0 Å². The molecule has 0 bridgehead atoms. The number of carbonyl (C=O) groups excluding carboxylic acids is 1. The number of rotatable bonds is 4. The summed E-state index contributed by atoms with van der Waals surface area (Å²) in [6.07, 6.45) is 1.60. The third kappa shape index (κ3) is 3.89. The Morgan fingerprint density at radius 2 is 1.92 bits per heavy atom. The average molecular weight is 352 g/mol. The molecule has 0 aliphatic carbocycles. The van der Waals surface area contributed by atoms with Crippen molar-refractivity contribution in [3.05, 3.63) is 29.8 Å². The molecular formula is C17H24N2O4S. The third-order valence-corrected chi connectivity index (χ3v) is 6.49. The fourth-order valence-corrected chi connectivity index (χ4v) is 4.94. The van der Waals surface area contributed by atoms with E-state index in [0.717, 1.165) is 5.56 Å². The minimum atomic E-state index is -3.02. The van der Waals surface area contributed by atoms with Gasteiger partial charge in [-0.2, -0.15) is 0 Å². The number of amides is 1. The first-order valence-electron chi connectivity index (χ1n) is 8.36. The molecule has 2 saturated heterocycles. The van der Waals surface area contributed by atoms with Gasteiger partial charge >= 0.3 is 0 Å². The van der Waals surface area contributed by atoms with E-state index >= 15 is 0 Å². The van der Waals surface area contributed by atoms with E-state index in [1.165, 1.54) is 0 Å². The minimum Gasteiger partial charge on any atom is -0.477 e. The van der Waals surface area contributed by atoms with Crippen LogP contribution in [-0.4, -0.2) is 50.6 Å². The van der Waals surface area contributed by atoms with E-state index in [1.807, 2.05) is 31.2 Å². The lowest BCUT2D eigenvalue weighted by Crippen LogP contribution is -2.58. The van der Waals surface area contributed by atoms with E-state index in [0.29, 0.717) is 38.1 Å². The van der Waals surface area contributed by atoms with Gasteiger partial charge in [-0.3, -0.25) is 4.79 Å². The molecule has 0 unspecified atom stereocenters. The van der Waals surface area contributed by atoms with Gasteiger partial charge in [0.15, 0.2) is 15.4 Å². The van der Waals surface area contributed by atoms with Crippen LogP contribution in [0.5, 0.6) is 5.75 Å². The number of ether oxygens (including phenoxy) is 1. The van der Waals surface area contributed by atoms with Gasteiger partial charge in [-0.25, -0.2) is 8.42 Å². The number of hydrogen-bond donors (Lipinski definition) is 2. The van der Waals surface area contributed by atoms with Gasteiger partial charge in [0.1, 0.15) is 5.75 Å². The molecule has 2 N–H and O–H groups in total. The van der Waals surface area contributed by atoms with Crippen molar-refractivity contribution in [3.8, 4) is 5.75 Å². The first-order chi connectivity index (χ1) is 11.4. The number of carbonyl (C=O) groups is 1. The molecule has 0 saturated carbocycles. The van der Waals surface area contributed by atoms with Crippen LogP contribution in [0.15, 0.2) is 24.3 Å². The second-order valence-corrected chi connectivity index (χ2v) is 8.96. The molecule has 2 aliphatic heterocycles. The van der Waals surface area contributed by atoms with E-state index < -0.39 is 15.4 Å². The van der Waals surface area contributed by atoms with Gasteiger partial charge in [-0.1, -0.05) is 17.7 Å². The predicted molar refractivity (Wildman–Crippen MR) is 91.8 cm³/mol.